The van der Waals surface area contributed by atoms with E-state index in [1.807, 2.05) is 30.3 Å². The van der Waals surface area contributed by atoms with E-state index in [2.05, 4.69) is 29.2 Å². The summed E-state index contributed by atoms with van der Waals surface area (Å²) in [5.74, 6) is 0.512. The van der Waals surface area contributed by atoms with Crippen LogP contribution in [0.25, 0.3) is 0 Å². The summed E-state index contributed by atoms with van der Waals surface area (Å²) in [6.45, 7) is 6.81. The second kappa shape index (κ2) is 8.84. The molecule has 0 aliphatic carbocycles. The van der Waals surface area contributed by atoms with E-state index in [-0.39, 0.29) is 17.4 Å². The number of piperidine rings is 1. The molecule has 6 nitrogen and oxygen atoms in total. The van der Waals surface area contributed by atoms with Crippen molar-refractivity contribution in [3.05, 3.63) is 58.5 Å². The number of hydrogen-bond donors (Lipinski definition) is 1. The van der Waals surface area contributed by atoms with Gasteiger partial charge in [0.05, 0.1) is 24.3 Å². The van der Waals surface area contributed by atoms with Crippen molar-refractivity contribution in [1.29, 1.82) is 0 Å². The summed E-state index contributed by atoms with van der Waals surface area (Å²) >= 11 is 0. The molecular weight excluding hydrogens is 340 g/mol. The molecule has 0 spiro atoms. The van der Waals surface area contributed by atoms with Crippen molar-refractivity contribution in [3.63, 3.8) is 0 Å². The molecule has 1 amide bonds. The van der Waals surface area contributed by atoms with Crippen molar-refractivity contribution in [2.24, 2.45) is 11.8 Å². The Balaban J connectivity index is 1.66. The summed E-state index contributed by atoms with van der Waals surface area (Å²) in [4.78, 5) is 27.0. The zero-order chi connectivity index (χ0) is 19.2. The number of amides is 1. The summed E-state index contributed by atoms with van der Waals surface area (Å²) in [7, 11) is 0. The lowest BCUT2D eigenvalue weighted by atomic mass is 9.96. The van der Waals surface area contributed by atoms with E-state index in [4.69, 9.17) is 0 Å². The first-order valence-electron chi connectivity index (χ1n) is 9.66. The Bertz CT molecular complexity index is 816. The van der Waals surface area contributed by atoms with E-state index >= 15 is 0 Å². The Hall–Kier alpha value is -2.63. The predicted molar refractivity (Wildman–Crippen MR) is 107 cm³/mol. The fourth-order valence-corrected chi connectivity index (χ4v) is 3.35. The minimum Gasteiger partial charge on any atom is -0.369 e. The number of anilines is 1. The maximum Gasteiger partial charge on any atom is 0.269 e. The molecule has 2 aromatic rings. The van der Waals surface area contributed by atoms with Crippen LogP contribution in [0.3, 0.4) is 0 Å². The number of hydrogen-bond acceptors (Lipinski definition) is 4. The standard InChI is InChI=1S/C21H28N4O2/c1-16(2)12-22-21(27)18-9-6-10-24(15-18)19-11-20(26)25(23-13-19)14-17-7-4-3-5-8-17/h3-5,7-8,11,13,16,18H,6,9-10,12,14-15H2,1-2H3,(H,22,27)/t18-/m1/s1. The molecule has 0 bridgehead atoms. The Morgan fingerprint density at radius 3 is 2.78 bits per heavy atom. The molecule has 1 fully saturated rings. The van der Waals surface area contributed by atoms with Crippen LogP contribution in [0.4, 0.5) is 5.69 Å². The average Bonchev–Trinajstić information content (AvgIpc) is 2.68. The van der Waals surface area contributed by atoms with Crippen LogP contribution in [0.15, 0.2) is 47.4 Å². The number of nitrogens with zero attached hydrogens (tertiary/aromatic N) is 3. The van der Waals surface area contributed by atoms with Crippen molar-refractivity contribution in [2.45, 2.75) is 33.2 Å². The van der Waals surface area contributed by atoms with Crippen LogP contribution in [0.2, 0.25) is 0 Å². The lowest BCUT2D eigenvalue weighted by Crippen LogP contribution is -2.44. The van der Waals surface area contributed by atoms with Gasteiger partial charge in [0.25, 0.3) is 5.56 Å². The maximum absolute atomic E-state index is 12.5. The minimum atomic E-state index is -0.122. The molecule has 1 aliphatic rings. The van der Waals surface area contributed by atoms with Gasteiger partial charge >= 0.3 is 0 Å². The lowest BCUT2D eigenvalue weighted by molar-refractivity contribution is -0.125. The molecule has 3 rings (SSSR count). The maximum atomic E-state index is 12.5. The van der Waals surface area contributed by atoms with E-state index in [1.165, 1.54) is 4.68 Å². The fourth-order valence-electron chi connectivity index (χ4n) is 3.35. The van der Waals surface area contributed by atoms with E-state index < -0.39 is 0 Å². The van der Waals surface area contributed by atoms with Crippen LogP contribution in [-0.4, -0.2) is 35.3 Å². The molecule has 0 saturated carbocycles. The first-order valence-corrected chi connectivity index (χ1v) is 9.66. The summed E-state index contributed by atoms with van der Waals surface area (Å²) in [6, 6.07) is 11.4. The highest BCUT2D eigenvalue weighted by Crippen LogP contribution is 2.22. The van der Waals surface area contributed by atoms with Crippen molar-refractivity contribution >= 4 is 11.6 Å². The number of aromatic nitrogens is 2. The zero-order valence-electron chi connectivity index (χ0n) is 16.1. The highest BCUT2D eigenvalue weighted by Gasteiger charge is 2.26. The number of carbonyl (C=O) groups excluding carboxylic acids is 1. The largest absolute Gasteiger partial charge is 0.369 e. The number of rotatable bonds is 6. The van der Waals surface area contributed by atoms with Gasteiger partial charge in [-0.25, -0.2) is 4.68 Å². The quantitative estimate of drug-likeness (QED) is 0.849. The molecule has 6 heteroatoms. The van der Waals surface area contributed by atoms with Crippen LogP contribution in [0.5, 0.6) is 0 Å². The first-order chi connectivity index (χ1) is 13.0. The third kappa shape index (κ3) is 5.18. The fraction of sp³-hybridized carbons (Fsp3) is 0.476. The van der Waals surface area contributed by atoms with Crippen molar-refractivity contribution in [2.75, 3.05) is 24.5 Å². The van der Waals surface area contributed by atoms with Gasteiger partial charge in [-0.1, -0.05) is 44.2 Å². The van der Waals surface area contributed by atoms with E-state index in [1.54, 1.807) is 12.3 Å². The van der Waals surface area contributed by atoms with Crippen LogP contribution in [-0.2, 0) is 11.3 Å². The molecule has 1 atom stereocenters. The summed E-state index contributed by atoms with van der Waals surface area (Å²) < 4.78 is 1.47. The molecule has 0 radical (unpaired) electrons. The first kappa shape index (κ1) is 19.1. The molecule has 1 N–H and O–H groups in total. The second-order valence-corrected chi connectivity index (χ2v) is 7.62. The normalized spacial score (nSPS) is 17.1. The van der Waals surface area contributed by atoms with Gasteiger partial charge in [-0.3, -0.25) is 9.59 Å². The van der Waals surface area contributed by atoms with Crippen molar-refractivity contribution in [1.82, 2.24) is 15.1 Å². The van der Waals surface area contributed by atoms with Gasteiger partial charge in [-0.15, -0.1) is 0 Å². The summed E-state index contributed by atoms with van der Waals surface area (Å²) in [5.41, 5.74) is 1.72. The molecule has 1 saturated heterocycles. The predicted octanol–water partition coefficient (Wildman–Crippen LogP) is 2.28. The van der Waals surface area contributed by atoms with E-state index in [9.17, 15) is 9.59 Å². The Morgan fingerprint density at radius 1 is 1.30 bits per heavy atom. The molecular formula is C21H28N4O2. The van der Waals surface area contributed by atoms with Gasteiger partial charge in [-0.05, 0) is 24.3 Å². The lowest BCUT2D eigenvalue weighted by Gasteiger charge is -2.33. The third-order valence-corrected chi connectivity index (χ3v) is 4.87. The minimum absolute atomic E-state index is 0.0377. The van der Waals surface area contributed by atoms with Crippen molar-refractivity contribution in [3.8, 4) is 0 Å². The zero-order valence-corrected chi connectivity index (χ0v) is 16.1. The molecule has 27 heavy (non-hydrogen) atoms. The van der Waals surface area contributed by atoms with Crippen LogP contribution >= 0.6 is 0 Å². The van der Waals surface area contributed by atoms with Gasteiger partial charge in [0.2, 0.25) is 5.91 Å². The van der Waals surface area contributed by atoms with Gasteiger partial charge in [0, 0.05) is 25.7 Å². The average molecular weight is 368 g/mol. The molecule has 2 heterocycles. The molecule has 1 aliphatic heterocycles. The third-order valence-electron chi connectivity index (χ3n) is 4.87. The Morgan fingerprint density at radius 2 is 2.07 bits per heavy atom. The SMILES string of the molecule is CC(C)CNC(=O)[C@@H]1CCCN(c2cnn(Cc3ccccc3)c(=O)c2)C1. The number of benzene rings is 1. The summed E-state index contributed by atoms with van der Waals surface area (Å²) in [6.07, 6.45) is 3.56. The van der Waals surface area contributed by atoms with Gasteiger partial charge in [0.15, 0.2) is 0 Å². The van der Waals surface area contributed by atoms with E-state index in [0.717, 1.165) is 30.6 Å². The Labute approximate surface area is 160 Å². The highest BCUT2D eigenvalue weighted by molar-refractivity contribution is 5.79. The smallest absolute Gasteiger partial charge is 0.269 e. The number of nitrogens with one attached hydrogen (secondary N) is 1. The highest BCUT2D eigenvalue weighted by atomic mass is 16.2. The topological polar surface area (TPSA) is 67.2 Å². The summed E-state index contributed by atoms with van der Waals surface area (Å²) in [5, 5.41) is 7.36. The second-order valence-electron chi connectivity index (χ2n) is 7.62. The molecule has 144 valence electrons. The van der Waals surface area contributed by atoms with Gasteiger partial charge < -0.3 is 10.2 Å². The van der Waals surface area contributed by atoms with Gasteiger partial charge in [-0.2, -0.15) is 5.10 Å². The monoisotopic (exact) mass is 368 g/mol. The van der Waals surface area contributed by atoms with E-state index in [0.29, 0.717) is 25.6 Å². The van der Waals surface area contributed by atoms with Crippen molar-refractivity contribution < 1.29 is 4.79 Å². The molecule has 0 unspecified atom stereocenters. The Kier molecular flexibility index (Phi) is 6.27. The molecule has 1 aromatic heterocycles. The molecule has 1 aromatic carbocycles. The van der Waals surface area contributed by atoms with Crippen LogP contribution in [0, 0.1) is 11.8 Å². The van der Waals surface area contributed by atoms with Crippen LogP contribution in [0.1, 0.15) is 32.3 Å². The van der Waals surface area contributed by atoms with Gasteiger partial charge in [0.1, 0.15) is 0 Å². The number of carbonyl (C=O) groups is 1. The van der Waals surface area contributed by atoms with Crippen LogP contribution < -0.4 is 15.8 Å².